The summed E-state index contributed by atoms with van der Waals surface area (Å²) in [5, 5.41) is 17.2. The molecular weight excluding hydrogens is 308 g/mol. The first-order valence-electron chi connectivity index (χ1n) is 7.22. The van der Waals surface area contributed by atoms with Crippen molar-refractivity contribution in [2.24, 2.45) is 5.10 Å². The molecule has 0 radical (unpaired) electrons. The van der Waals surface area contributed by atoms with Crippen LogP contribution in [0.2, 0.25) is 0 Å². The molecule has 0 aliphatic rings. The van der Waals surface area contributed by atoms with Gasteiger partial charge < -0.3 is 9.47 Å². The highest BCUT2D eigenvalue weighted by atomic mass is 16.5. The molecule has 0 atom stereocenters. The summed E-state index contributed by atoms with van der Waals surface area (Å²) < 4.78 is 11.2. The fourth-order valence-electron chi connectivity index (χ4n) is 1.99. The van der Waals surface area contributed by atoms with Gasteiger partial charge in [0.25, 0.3) is 5.95 Å². The van der Waals surface area contributed by atoms with Gasteiger partial charge in [-0.2, -0.15) is 10.3 Å². The van der Waals surface area contributed by atoms with E-state index in [2.05, 4.69) is 31.2 Å². The minimum absolute atomic E-state index is 0.293. The van der Waals surface area contributed by atoms with Gasteiger partial charge >= 0.3 is 0 Å². The molecule has 0 spiro atoms. The molecule has 0 unspecified atom stereocenters. The molecule has 0 aliphatic carbocycles. The predicted molar refractivity (Wildman–Crippen MR) is 89.2 cm³/mol. The Morgan fingerprint density at radius 1 is 1.17 bits per heavy atom. The third-order valence-corrected chi connectivity index (χ3v) is 3.15. The number of aromatic nitrogens is 4. The van der Waals surface area contributed by atoms with Gasteiger partial charge in [-0.1, -0.05) is 35.4 Å². The van der Waals surface area contributed by atoms with Crippen molar-refractivity contribution < 1.29 is 9.47 Å². The van der Waals surface area contributed by atoms with E-state index in [4.69, 9.17) is 9.47 Å². The number of methoxy groups -OCH3 is 1. The lowest BCUT2D eigenvalue weighted by molar-refractivity contribution is 0.284. The summed E-state index contributed by atoms with van der Waals surface area (Å²) in [7, 11) is 1.60. The van der Waals surface area contributed by atoms with Crippen LogP contribution in [0.4, 0.5) is 5.95 Å². The third-order valence-electron chi connectivity index (χ3n) is 3.15. The molecular formula is C16H16N6O2. The SMILES string of the molecule is COc1cc(/C=N\Nc2nn[nH]n2)ccc1OCc1ccccc1. The van der Waals surface area contributed by atoms with Crippen LogP contribution in [0.3, 0.4) is 0 Å². The lowest BCUT2D eigenvalue weighted by Crippen LogP contribution is -1.98. The number of benzene rings is 2. The molecule has 2 aromatic carbocycles. The van der Waals surface area contributed by atoms with Crippen LogP contribution in [0.1, 0.15) is 11.1 Å². The number of aromatic amines is 1. The lowest BCUT2D eigenvalue weighted by Gasteiger charge is -2.11. The van der Waals surface area contributed by atoms with Gasteiger partial charge in [-0.05, 0) is 34.5 Å². The molecule has 3 rings (SSSR count). The van der Waals surface area contributed by atoms with Crippen molar-refractivity contribution in [1.29, 1.82) is 0 Å². The Kier molecular flexibility index (Phi) is 4.98. The number of tetrazole rings is 1. The molecule has 0 amide bonds. The van der Waals surface area contributed by atoms with E-state index in [1.807, 2.05) is 48.5 Å². The Morgan fingerprint density at radius 2 is 2.04 bits per heavy atom. The highest BCUT2D eigenvalue weighted by molar-refractivity contribution is 5.81. The molecule has 0 bridgehead atoms. The lowest BCUT2D eigenvalue weighted by atomic mass is 10.2. The van der Waals surface area contributed by atoms with Crippen molar-refractivity contribution in [2.75, 3.05) is 12.5 Å². The number of H-pyrrole nitrogens is 1. The fraction of sp³-hybridized carbons (Fsp3) is 0.125. The highest BCUT2D eigenvalue weighted by Crippen LogP contribution is 2.28. The summed E-state index contributed by atoms with van der Waals surface area (Å²) in [5.41, 5.74) is 4.59. The van der Waals surface area contributed by atoms with Crippen molar-refractivity contribution in [1.82, 2.24) is 20.6 Å². The maximum atomic E-state index is 5.81. The van der Waals surface area contributed by atoms with Crippen LogP contribution in [0.15, 0.2) is 53.6 Å². The summed E-state index contributed by atoms with van der Waals surface area (Å²) in [4.78, 5) is 0. The van der Waals surface area contributed by atoms with Gasteiger partial charge in [0.2, 0.25) is 0 Å². The number of anilines is 1. The van der Waals surface area contributed by atoms with Crippen molar-refractivity contribution >= 4 is 12.2 Å². The Bertz CT molecular complexity index is 790. The molecule has 3 aromatic rings. The maximum absolute atomic E-state index is 5.81. The second-order valence-corrected chi connectivity index (χ2v) is 4.79. The molecule has 2 N–H and O–H groups in total. The Balaban J connectivity index is 1.65. The fourth-order valence-corrected chi connectivity index (χ4v) is 1.99. The van der Waals surface area contributed by atoms with Gasteiger partial charge in [-0.3, -0.25) is 0 Å². The van der Waals surface area contributed by atoms with Gasteiger partial charge in [0.15, 0.2) is 11.5 Å². The molecule has 0 saturated carbocycles. The number of hydrogen-bond acceptors (Lipinski definition) is 7. The zero-order chi connectivity index (χ0) is 16.6. The van der Waals surface area contributed by atoms with E-state index in [1.54, 1.807) is 13.3 Å². The zero-order valence-corrected chi connectivity index (χ0v) is 13.0. The van der Waals surface area contributed by atoms with E-state index >= 15 is 0 Å². The second-order valence-electron chi connectivity index (χ2n) is 4.79. The van der Waals surface area contributed by atoms with Gasteiger partial charge in [0.05, 0.1) is 13.3 Å². The predicted octanol–water partition coefficient (Wildman–Crippen LogP) is 2.23. The largest absolute Gasteiger partial charge is 0.493 e. The number of hydrogen-bond donors (Lipinski definition) is 2. The average Bonchev–Trinajstić information content (AvgIpc) is 3.15. The summed E-state index contributed by atoms with van der Waals surface area (Å²) in [5.74, 6) is 1.60. The van der Waals surface area contributed by atoms with Crippen molar-refractivity contribution in [2.45, 2.75) is 6.61 Å². The number of ether oxygens (including phenoxy) is 2. The topological polar surface area (TPSA) is 97.3 Å². The molecule has 1 aromatic heterocycles. The Labute approximate surface area is 138 Å². The molecule has 0 fully saturated rings. The van der Waals surface area contributed by atoms with Crippen molar-refractivity contribution in [3.8, 4) is 11.5 Å². The van der Waals surface area contributed by atoms with Crippen LogP contribution in [-0.2, 0) is 6.61 Å². The average molecular weight is 324 g/mol. The van der Waals surface area contributed by atoms with E-state index < -0.39 is 0 Å². The molecule has 122 valence electrons. The van der Waals surface area contributed by atoms with Gasteiger partial charge in [-0.25, -0.2) is 5.43 Å². The molecule has 0 aliphatic heterocycles. The highest BCUT2D eigenvalue weighted by Gasteiger charge is 2.05. The Hall–Kier alpha value is -3.42. The summed E-state index contributed by atoms with van der Waals surface area (Å²) in [6.07, 6.45) is 1.62. The minimum atomic E-state index is 0.293. The van der Waals surface area contributed by atoms with E-state index in [0.29, 0.717) is 24.1 Å². The molecule has 8 nitrogen and oxygen atoms in total. The first-order valence-corrected chi connectivity index (χ1v) is 7.22. The van der Waals surface area contributed by atoms with E-state index in [9.17, 15) is 0 Å². The number of nitrogens with zero attached hydrogens (tertiary/aromatic N) is 4. The van der Waals surface area contributed by atoms with E-state index in [-0.39, 0.29) is 0 Å². The molecule has 0 saturated heterocycles. The van der Waals surface area contributed by atoms with Crippen LogP contribution in [0, 0.1) is 0 Å². The monoisotopic (exact) mass is 324 g/mol. The number of hydrazone groups is 1. The smallest absolute Gasteiger partial charge is 0.283 e. The van der Waals surface area contributed by atoms with E-state index in [0.717, 1.165) is 11.1 Å². The number of nitrogens with one attached hydrogen (secondary N) is 2. The van der Waals surface area contributed by atoms with Crippen LogP contribution in [0.25, 0.3) is 0 Å². The van der Waals surface area contributed by atoms with Crippen molar-refractivity contribution in [3.05, 3.63) is 59.7 Å². The number of rotatable bonds is 7. The van der Waals surface area contributed by atoms with Crippen LogP contribution in [0.5, 0.6) is 11.5 Å². The van der Waals surface area contributed by atoms with Crippen LogP contribution < -0.4 is 14.9 Å². The first-order chi connectivity index (χ1) is 11.8. The third kappa shape index (κ3) is 4.07. The van der Waals surface area contributed by atoms with Crippen molar-refractivity contribution in [3.63, 3.8) is 0 Å². The Morgan fingerprint density at radius 3 is 2.79 bits per heavy atom. The van der Waals surface area contributed by atoms with Gasteiger partial charge in [0, 0.05) is 0 Å². The summed E-state index contributed by atoms with van der Waals surface area (Å²) >= 11 is 0. The minimum Gasteiger partial charge on any atom is -0.493 e. The van der Waals surface area contributed by atoms with Gasteiger partial charge in [0.1, 0.15) is 6.61 Å². The summed E-state index contributed by atoms with van der Waals surface area (Å²) in [6, 6.07) is 15.5. The molecule has 1 heterocycles. The molecule has 24 heavy (non-hydrogen) atoms. The zero-order valence-electron chi connectivity index (χ0n) is 13.0. The van der Waals surface area contributed by atoms with Crippen LogP contribution >= 0.6 is 0 Å². The standard InChI is InChI=1S/C16H16N6O2/c1-23-15-9-13(10-17-18-16-19-21-22-20-16)7-8-14(15)24-11-12-5-3-2-4-6-12/h2-10H,11H2,1H3,(H2,18,19,20,21,22)/b17-10-. The van der Waals surface area contributed by atoms with Gasteiger partial charge in [-0.15, -0.1) is 5.10 Å². The normalized spacial score (nSPS) is 10.7. The second kappa shape index (κ2) is 7.73. The van der Waals surface area contributed by atoms with E-state index in [1.165, 1.54) is 0 Å². The summed E-state index contributed by atoms with van der Waals surface area (Å²) in [6.45, 7) is 0.476. The van der Waals surface area contributed by atoms with Crippen LogP contribution in [-0.4, -0.2) is 33.9 Å². The quantitative estimate of drug-likeness (QED) is 0.511. The maximum Gasteiger partial charge on any atom is 0.283 e. The first kappa shape index (κ1) is 15.5. The molecule has 8 heteroatoms.